The standard InChI is InChI=1S/C15H24N2/c1-12(2)10-14-4-6-15(7-5-14)17-9-8-16-11-13(17)3/h4-7,12-13,16H,8-11H2,1-3H3. The van der Waals surface area contributed by atoms with E-state index in [9.17, 15) is 0 Å². The van der Waals surface area contributed by atoms with Crippen molar-refractivity contribution in [3.8, 4) is 0 Å². The summed E-state index contributed by atoms with van der Waals surface area (Å²) >= 11 is 0. The number of rotatable bonds is 3. The van der Waals surface area contributed by atoms with Gasteiger partial charge in [-0.3, -0.25) is 0 Å². The minimum atomic E-state index is 0.597. The van der Waals surface area contributed by atoms with Gasteiger partial charge in [0.1, 0.15) is 0 Å². The second-order valence-electron chi connectivity index (χ2n) is 5.51. The van der Waals surface area contributed by atoms with Crippen molar-refractivity contribution in [2.45, 2.75) is 33.2 Å². The SMILES string of the molecule is CC(C)Cc1ccc(N2CCNCC2C)cc1. The Balaban J connectivity index is 2.06. The molecule has 0 aromatic heterocycles. The number of hydrogen-bond donors (Lipinski definition) is 1. The van der Waals surface area contributed by atoms with Crippen molar-refractivity contribution in [3.05, 3.63) is 29.8 Å². The van der Waals surface area contributed by atoms with Crippen molar-refractivity contribution < 1.29 is 0 Å². The number of anilines is 1. The maximum Gasteiger partial charge on any atom is 0.0386 e. The first kappa shape index (κ1) is 12.4. The monoisotopic (exact) mass is 232 g/mol. The average molecular weight is 232 g/mol. The lowest BCUT2D eigenvalue weighted by Gasteiger charge is -2.36. The van der Waals surface area contributed by atoms with Crippen LogP contribution in [0.25, 0.3) is 0 Å². The van der Waals surface area contributed by atoms with Crippen LogP contribution < -0.4 is 10.2 Å². The summed E-state index contributed by atoms with van der Waals surface area (Å²) < 4.78 is 0. The molecule has 1 aliphatic heterocycles. The van der Waals surface area contributed by atoms with Gasteiger partial charge >= 0.3 is 0 Å². The van der Waals surface area contributed by atoms with Crippen molar-refractivity contribution in [1.82, 2.24) is 5.32 Å². The first-order chi connectivity index (χ1) is 8.16. The molecule has 1 heterocycles. The molecule has 0 spiro atoms. The van der Waals surface area contributed by atoms with E-state index in [2.05, 4.69) is 55.3 Å². The summed E-state index contributed by atoms with van der Waals surface area (Å²) in [6.07, 6.45) is 1.18. The molecule has 1 saturated heterocycles. The third-order valence-corrected chi connectivity index (χ3v) is 3.41. The first-order valence-corrected chi connectivity index (χ1v) is 6.73. The topological polar surface area (TPSA) is 15.3 Å². The van der Waals surface area contributed by atoms with Crippen molar-refractivity contribution in [2.24, 2.45) is 5.92 Å². The van der Waals surface area contributed by atoms with Crippen LogP contribution in [0.4, 0.5) is 5.69 Å². The molecule has 1 atom stereocenters. The molecule has 1 aromatic rings. The summed E-state index contributed by atoms with van der Waals surface area (Å²) in [6, 6.07) is 9.72. The van der Waals surface area contributed by atoms with Gasteiger partial charge in [-0.15, -0.1) is 0 Å². The summed E-state index contributed by atoms with van der Waals surface area (Å²) in [5, 5.41) is 3.43. The molecule has 1 unspecified atom stereocenters. The Labute approximate surface area is 105 Å². The van der Waals surface area contributed by atoms with E-state index in [-0.39, 0.29) is 0 Å². The van der Waals surface area contributed by atoms with Crippen LogP contribution in [-0.4, -0.2) is 25.7 Å². The largest absolute Gasteiger partial charge is 0.366 e. The van der Waals surface area contributed by atoms with Gasteiger partial charge < -0.3 is 10.2 Å². The number of piperazine rings is 1. The fraction of sp³-hybridized carbons (Fsp3) is 0.600. The highest BCUT2D eigenvalue weighted by Gasteiger charge is 2.17. The lowest BCUT2D eigenvalue weighted by atomic mass is 10.0. The summed E-state index contributed by atoms with van der Waals surface area (Å²) in [6.45, 7) is 10.1. The molecule has 1 aliphatic rings. The zero-order valence-corrected chi connectivity index (χ0v) is 11.2. The van der Waals surface area contributed by atoms with E-state index in [1.807, 2.05) is 0 Å². The maximum absolute atomic E-state index is 3.43. The molecular formula is C15H24N2. The summed E-state index contributed by atoms with van der Waals surface area (Å²) in [7, 11) is 0. The van der Waals surface area contributed by atoms with Crippen molar-refractivity contribution in [1.29, 1.82) is 0 Å². The van der Waals surface area contributed by atoms with Crippen LogP contribution in [-0.2, 0) is 6.42 Å². The van der Waals surface area contributed by atoms with Gasteiger partial charge in [-0.25, -0.2) is 0 Å². The van der Waals surface area contributed by atoms with E-state index in [1.54, 1.807) is 0 Å². The molecule has 1 aromatic carbocycles. The summed E-state index contributed by atoms with van der Waals surface area (Å²) in [5.41, 5.74) is 2.82. The third kappa shape index (κ3) is 3.22. The summed E-state index contributed by atoms with van der Waals surface area (Å²) in [4.78, 5) is 2.50. The molecule has 17 heavy (non-hydrogen) atoms. The molecule has 2 rings (SSSR count). The summed E-state index contributed by atoms with van der Waals surface area (Å²) in [5.74, 6) is 0.735. The highest BCUT2D eigenvalue weighted by molar-refractivity contribution is 5.49. The van der Waals surface area contributed by atoms with Crippen molar-refractivity contribution in [2.75, 3.05) is 24.5 Å². The van der Waals surface area contributed by atoms with Gasteiger partial charge in [-0.2, -0.15) is 0 Å². The smallest absolute Gasteiger partial charge is 0.0386 e. The van der Waals surface area contributed by atoms with Crippen LogP contribution in [0, 0.1) is 5.92 Å². The second-order valence-corrected chi connectivity index (χ2v) is 5.51. The van der Waals surface area contributed by atoms with Gasteiger partial charge in [-0.1, -0.05) is 26.0 Å². The Morgan fingerprint density at radius 3 is 2.59 bits per heavy atom. The van der Waals surface area contributed by atoms with Crippen LogP contribution in [0.1, 0.15) is 26.3 Å². The average Bonchev–Trinajstić information content (AvgIpc) is 2.30. The Morgan fingerprint density at radius 2 is 2.00 bits per heavy atom. The highest BCUT2D eigenvalue weighted by atomic mass is 15.2. The van der Waals surface area contributed by atoms with Gasteiger partial charge in [0.15, 0.2) is 0 Å². The number of nitrogens with zero attached hydrogens (tertiary/aromatic N) is 1. The fourth-order valence-corrected chi connectivity index (χ4v) is 2.52. The molecule has 2 nitrogen and oxygen atoms in total. The van der Waals surface area contributed by atoms with Crippen molar-refractivity contribution in [3.63, 3.8) is 0 Å². The van der Waals surface area contributed by atoms with Gasteiger partial charge in [0, 0.05) is 31.4 Å². The Kier molecular flexibility index (Phi) is 4.06. The van der Waals surface area contributed by atoms with Crippen LogP contribution in [0.2, 0.25) is 0 Å². The molecule has 0 bridgehead atoms. The molecule has 1 fully saturated rings. The lowest BCUT2D eigenvalue weighted by Crippen LogP contribution is -2.49. The maximum atomic E-state index is 3.43. The van der Waals surface area contributed by atoms with E-state index in [1.165, 1.54) is 17.7 Å². The number of hydrogen-bond acceptors (Lipinski definition) is 2. The fourth-order valence-electron chi connectivity index (χ4n) is 2.52. The molecule has 94 valence electrons. The first-order valence-electron chi connectivity index (χ1n) is 6.73. The van der Waals surface area contributed by atoms with Crippen LogP contribution >= 0.6 is 0 Å². The Hall–Kier alpha value is -1.02. The minimum absolute atomic E-state index is 0.597. The van der Waals surface area contributed by atoms with Crippen molar-refractivity contribution >= 4 is 5.69 Å². The highest BCUT2D eigenvalue weighted by Crippen LogP contribution is 2.20. The van der Waals surface area contributed by atoms with E-state index < -0.39 is 0 Å². The quantitative estimate of drug-likeness (QED) is 0.862. The van der Waals surface area contributed by atoms with E-state index in [4.69, 9.17) is 0 Å². The lowest BCUT2D eigenvalue weighted by molar-refractivity contribution is 0.501. The Bertz CT molecular complexity index is 342. The van der Waals surface area contributed by atoms with Gasteiger partial charge in [0.05, 0.1) is 0 Å². The van der Waals surface area contributed by atoms with Crippen LogP contribution in [0.3, 0.4) is 0 Å². The second kappa shape index (κ2) is 5.54. The van der Waals surface area contributed by atoms with Gasteiger partial charge in [0.25, 0.3) is 0 Å². The number of nitrogens with one attached hydrogen (secondary N) is 1. The van der Waals surface area contributed by atoms with Crippen LogP contribution in [0.5, 0.6) is 0 Å². The van der Waals surface area contributed by atoms with E-state index in [0.29, 0.717) is 6.04 Å². The molecule has 0 amide bonds. The molecule has 0 aliphatic carbocycles. The zero-order valence-electron chi connectivity index (χ0n) is 11.2. The van der Waals surface area contributed by atoms with E-state index in [0.717, 1.165) is 25.6 Å². The molecule has 0 saturated carbocycles. The molecule has 0 radical (unpaired) electrons. The minimum Gasteiger partial charge on any atom is -0.366 e. The zero-order chi connectivity index (χ0) is 12.3. The number of benzene rings is 1. The normalized spacial score (nSPS) is 20.9. The Morgan fingerprint density at radius 1 is 1.29 bits per heavy atom. The molecular weight excluding hydrogens is 208 g/mol. The van der Waals surface area contributed by atoms with Gasteiger partial charge in [0.2, 0.25) is 0 Å². The predicted octanol–water partition coefficient (Wildman–Crippen LogP) is 2.68. The molecule has 2 heteroatoms. The van der Waals surface area contributed by atoms with Crippen LogP contribution in [0.15, 0.2) is 24.3 Å². The third-order valence-electron chi connectivity index (χ3n) is 3.41. The predicted molar refractivity (Wildman–Crippen MR) is 74.7 cm³/mol. The van der Waals surface area contributed by atoms with E-state index >= 15 is 0 Å². The van der Waals surface area contributed by atoms with Gasteiger partial charge in [-0.05, 0) is 37.0 Å². The molecule has 1 N–H and O–H groups in total.